The van der Waals surface area contributed by atoms with Gasteiger partial charge in [0, 0.05) is 10.5 Å². The molecule has 1 aromatic rings. The highest BCUT2D eigenvalue weighted by Crippen LogP contribution is 2.29. The Balaban J connectivity index is 2.94. The topological polar surface area (TPSA) is 9.23 Å². The van der Waals surface area contributed by atoms with Crippen molar-refractivity contribution in [1.29, 1.82) is 0 Å². The Morgan fingerprint density at radius 2 is 2.50 bits per heavy atom. The van der Waals surface area contributed by atoms with Gasteiger partial charge in [-0.05, 0) is 36.4 Å². The van der Waals surface area contributed by atoms with E-state index in [1.54, 1.807) is 11.3 Å². The SMILES string of the molecule is C=CC/C(=C(\Cl)OCC)c1cccs1. The Morgan fingerprint density at radius 1 is 1.71 bits per heavy atom. The molecule has 0 amide bonds. The van der Waals surface area contributed by atoms with Crippen LogP contribution in [0.4, 0.5) is 0 Å². The highest BCUT2D eigenvalue weighted by molar-refractivity contribution is 7.11. The fraction of sp³-hybridized carbons (Fsp3) is 0.273. The van der Waals surface area contributed by atoms with E-state index in [1.807, 2.05) is 30.5 Å². The van der Waals surface area contributed by atoms with Crippen LogP contribution in [-0.2, 0) is 4.74 Å². The number of ether oxygens (including phenoxy) is 1. The zero-order chi connectivity index (χ0) is 10.4. The van der Waals surface area contributed by atoms with Crippen molar-refractivity contribution < 1.29 is 4.74 Å². The van der Waals surface area contributed by atoms with Gasteiger partial charge in [-0.3, -0.25) is 0 Å². The third kappa shape index (κ3) is 2.89. The van der Waals surface area contributed by atoms with E-state index in [9.17, 15) is 0 Å². The summed E-state index contributed by atoms with van der Waals surface area (Å²) in [5, 5.41) is 2.50. The maximum absolute atomic E-state index is 6.03. The van der Waals surface area contributed by atoms with Crippen LogP contribution in [0.15, 0.2) is 35.4 Å². The van der Waals surface area contributed by atoms with Gasteiger partial charge < -0.3 is 4.74 Å². The summed E-state index contributed by atoms with van der Waals surface area (Å²) in [6, 6.07) is 4.03. The largest absolute Gasteiger partial charge is 0.483 e. The molecule has 0 spiro atoms. The maximum atomic E-state index is 6.03. The van der Waals surface area contributed by atoms with Crippen LogP contribution in [0, 0.1) is 0 Å². The van der Waals surface area contributed by atoms with E-state index in [0.29, 0.717) is 11.8 Å². The number of hydrogen-bond acceptors (Lipinski definition) is 2. The van der Waals surface area contributed by atoms with Crippen molar-refractivity contribution in [3.63, 3.8) is 0 Å². The van der Waals surface area contributed by atoms with E-state index in [4.69, 9.17) is 16.3 Å². The van der Waals surface area contributed by atoms with Gasteiger partial charge in [0.15, 0.2) is 5.22 Å². The molecule has 0 fully saturated rings. The lowest BCUT2D eigenvalue weighted by Gasteiger charge is -2.07. The molecule has 14 heavy (non-hydrogen) atoms. The molecule has 0 aliphatic rings. The van der Waals surface area contributed by atoms with Crippen LogP contribution < -0.4 is 0 Å². The first-order valence-corrected chi connectivity index (χ1v) is 5.71. The molecule has 1 aromatic heterocycles. The van der Waals surface area contributed by atoms with Crippen LogP contribution in [0.1, 0.15) is 18.2 Å². The Hall–Kier alpha value is -0.730. The normalized spacial score (nSPS) is 12.1. The van der Waals surface area contributed by atoms with Crippen molar-refractivity contribution in [2.75, 3.05) is 6.61 Å². The Kier molecular flexibility index (Phi) is 4.77. The molecule has 0 unspecified atom stereocenters. The first kappa shape index (κ1) is 11.3. The summed E-state index contributed by atoms with van der Waals surface area (Å²) in [4.78, 5) is 1.14. The van der Waals surface area contributed by atoms with Crippen LogP contribution in [0.2, 0.25) is 0 Å². The van der Waals surface area contributed by atoms with Gasteiger partial charge >= 0.3 is 0 Å². The fourth-order valence-corrected chi connectivity index (χ4v) is 2.21. The zero-order valence-electron chi connectivity index (χ0n) is 8.13. The first-order valence-electron chi connectivity index (χ1n) is 4.45. The summed E-state index contributed by atoms with van der Waals surface area (Å²) in [5.74, 6) is 0. The predicted octanol–water partition coefficient (Wildman–Crippen LogP) is 4.27. The maximum Gasteiger partial charge on any atom is 0.191 e. The van der Waals surface area contributed by atoms with Gasteiger partial charge in [-0.2, -0.15) is 0 Å². The third-order valence-corrected chi connectivity index (χ3v) is 2.94. The smallest absolute Gasteiger partial charge is 0.191 e. The standard InChI is InChI=1S/C11H13ClOS/c1-3-6-9(11(12)13-4-2)10-7-5-8-14-10/h3,5,7-8H,1,4,6H2,2H3/b11-9-. The summed E-state index contributed by atoms with van der Waals surface area (Å²) >= 11 is 7.69. The number of rotatable bonds is 5. The fourth-order valence-electron chi connectivity index (χ4n) is 1.09. The van der Waals surface area contributed by atoms with Crippen molar-refractivity contribution in [3.05, 3.63) is 40.3 Å². The summed E-state index contributed by atoms with van der Waals surface area (Å²) in [7, 11) is 0. The zero-order valence-corrected chi connectivity index (χ0v) is 9.70. The quantitative estimate of drug-likeness (QED) is 0.540. The van der Waals surface area contributed by atoms with Crippen molar-refractivity contribution in [3.8, 4) is 0 Å². The molecule has 0 saturated heterocycles. The van der Waals surface area contributed by atoms with Gasteiger partial charge in [-0.25, -0.2) is 0 Å². The molecule has 3 heteroatoms. The highest BCUT2D eigenvalue weighted by Gasteiger charge is 2.07. The van der Waals surface area contributed by atoms with Crippen molar-refractivity contribution in [2.45, 2.75) is 13.3 Å². The van der Waals surface area contributed by atoms with Gasteiger partial charge in [0.1, 0.15) is 0 Å². The van der Waals surface area contributed by atoms with Gasteiger partial charge in [0.2, 0.25) is 0 Å². The van der Waals surface area contributed by atoms with Gasteiger partial charge in [0.05, 0.1) is 6.61 Å². The molecule has 0 aromatic carbocycles. The number of halogens is 1. The summed E-state index contributed by atoms with van der Waals surface area (Å²) < 4.78 is 5.28. The van der Waals surface area contributed by atoms with Crippen molar-refractivity contribution >= 4 is 28.5 Å². The molecule has 0 aliphatic heterocycles. The van der Waals surface area contributed by atoms with E-state index >= 15 is 0 Å². The van der Waals surface area contributed by atoms with E-state index in [1.165, 1.54) is 0 Å². The lowest BCUT2D eigenvalue weighted by atomic mass is 10.2. The average Bonchev–Trinajstić information content (AvgIpc) is 2.67. The second-order valence-electron chi connectivity index (χ2n) is 2.66. The van der Waals surface area contributed by atoms with Crippen molar-refractivity contribution in [2.24, 2.45) is 0 Å². The number of thiophene rings is 1. The molecular weight excluding hydrogens is 216 g/mol. The lowest BCUT2D eigenvalue weighted by Crippen LogP contribution is -1.89. The summed E-state index contributed by atoms with van der Waals surface area (Å²) in [6.07, 6.45) is 2.57. The van der Waals surface area contributed by atoms with Crippen molar-refractivity contribution in [1.82, 2.24) is 0 Å². The molecule has 0 saturated carbocycles. The molecular formula is C11H13ClOS. The first-order chi connectivity index (χ1) is 6.79. The predicted molar refractivity (Wildman–Crippen MR) is 63.5 cm³/mol. The second-order valence-corrected chi connectivity index (χ2v) is 3.95. The van der Waals surface area contributed by atoms with E-state index in [-0.39, 0.29) is 0 Å². The number of allylic oxidation sites excluding steroid dienone is 2. The minimum Gasteiger partial charge on any atom is -0.483 e. The Morgan fingerprint density at radius 3 is 3.00 bits per heavy atom. The molecule has 76 valence electrons. The molecule has 0 atom stereocenters. The Bertz CT molecular complexity index is 314. The van der Waals surface area contributed by atoms with Crippen LogP contribution in [0.5, 0.6) is 0 Å². The monoisotopic (exact) mass is 228 g/mol. The van der Waals surface area contributed by atoms with Gasteiger partial charge in [-0.1, -0.05) is 12.1 Å². The summed E-state index contributed by atoms with van der Waals surface area (Å²) in [5.41, 5.74) is 1.01. The lowest BCUT2D eigenvalue weighted by molar-refractivity contribution is 0.256. The third-order valence-electron chi connectivity index (χ3n) is 1.68. The van der Waals surface area contributed by atoms with E-state index in [2.05, 4.69) is 6.58 Å². The number of hydrogen-bond donors (Lipinski definition) is 0. The highest BCUT2D eigenvalue weighted by atomic mass is 35.5. The average molecular weight is 229 g/mol. The van der Waals surface area contributed by atoms with Gasteiger partial charge in [0.25, 0.3) is 0 Å². The Labute approximate surface area is 93.7 Å². The van der Waals surface area contributed by atoms with Crippen LogP contribution >= 0.6 is 22.9 Å². The summed E-state index contributed by atoms with van der Waals surface area (Å²) in [6.45, 7) is 6.22. The molecule has 1 rings (SSSR count). The second kappa shape index (κ2) is 5.89. The molecule has 0 N–H and O–H groups in total. The molecule has 1 heterocycles. The molecule has 0 aliphatic carbocycles. The van der Waals surface area contributed by atoms with Crippen LogP contribution in [-0.4, -0.2) is 6.61 Å². The van der Waals surface area contributed by atoms with Crippen LogP contribution in [0.3, 0.4) is 0 Å². The molecule has 1 nitrogen and oxygen atoms in total. The van der Waals surface area contributed by atoms with E-state index < -0.39 is 0 Å². The molecule has 0 bridgehead atoms. The minimum absolute atomic E-state index is 0.481. The van der Waals surface area contributed by atoms with Crippen LogP contribution in [0.25, 0.3) is 5.57 Å². The minimum atomic E-state index is 0.481. The van der Waals surface area contributed by atoms with Gasteiger partial charge in [-0.15, -0.1) is 17.9 Å². The van der Waals surface area contributed by atoms with E-state index in [0.717, 1.165) is 16.9 Å². The molecule has 0 radical (unpaired) electrons.